The van der Waals surface area contributed by atoms with E-state index in [1.807, 2.05) is 21.1 Å². The van der Waals surface area contributed by atoms with Gasteiger partial charge in [-0.15, -0.1) is 11.3 Å². The normalized spacial score (nSPS) is 24.1. The predicted octanol–water partition coefficient (Wildman–Crippen LogP) is 2.54. The Kier molecular flexibility index (Phi) is 6.21. The van der Waals surface area contributed by atoms with Crippen molar-refractivity contribution in [1.29, 1.82) is 0 Å². The number of amides is 3. The van der Waals surface area contributed by atoms with Crippen LogP contribution in [-0.4, -0.2) is 71.9 Å². The monoisotopic (exact) mass is 404 g/mol. The molecule has 4 rings (SSSR count). The van der Waals surface area contributed by atoms with Gasteiger partial charge in [-0.3, -0.25) is 9.69 Å². The summed E-state index contributed by atoms with van der Waals surface area (Å²) in [4.78, 5) is 33.2. The van der Waals surface area contributed by atoms with Crippen LogP contribution in [0.4, 0.5) is 4.79 Å². The lowest BCUT2D eigenvalue weighted by atomic mass is 9.97. The van der Waals surface area contributed by atoms with Gasteiger partial charge < -0.3 is 15.1 Å². The number of carbonyl (C=O) groups is 2. The first-order chi connectivity index (χ1) is 13.6. The fourth-order valence-electron chi connectivity index (χ4n) is 4.64. The van der Waals surface area contributed by atoms with Gasteiger partial charge in [0, 0.05) is 56.7 Å². The first-order valence-corrected chi connectivity index (χ1v) is 11.6. The zero-order valence-electron chi connectivity index (χ0n) is 16.9. The summed E-state index contributed by atoms with van der Waals surface area (Å²) in [5.41, 5.74) is 1.44. The summed E-state index contributed by atoms with van der Waals surface area (Å²) in [5, 5.41) is 5.35. The second-order valence-corrected chi connectivity index (χ2v) is 9.45. The van der Waals surface area contributed by atoms with Crippen LogP contribution in [0.15, 0.2) is 11.4 Å². The quantitative estimate of drug-likeness (QED) is 0.839. The Hall–Kier alpha value is -1.60. The molecule has 1 aromatic heterocycles. The van der Waals surface area contributed by atoms with E-state index in [2.05, 4.69) is 28.6 Å². The van der Waals surface area contributed by atoms with Crippen molar-refractivity contribution in [2.45, 2.75) is 51.6 Å². The van der Waals surface area contributed by atoms with Crippen molar-refractivity contribution in [3.63, 3.8) is 0 Å². The number of thiophene rings is 1. The molecule has 0 radical (unpaired) electrons. The highest BCUT2D eigenvalue weighted by atomic mass is 32.1. The van der Waals surface area contributed by atoms with Crippen LogP contribution in [0.25, 0.3) is 0 Å². The smallest absolute Gasteiger partial charge is 0.320 e. The first-order valence-electron chi connectivity index (χ1n) is 10.7. The molecule has 0 spiro atoms. The van der Waals surface area contributed by atoms with E-state index in [1.165, 1.54) is 10.4 Å². The molecule has 0 saturated carbocycles. The van der Waals surface area contributed by atoms with Gasteiger partial charge in [-0.05, 0) is 56.0 Å². The molecule has 1 aromatic rings. The van der Waals surface area contributed by atoms with E-state index in [4.69, 9.17) is 0 Å². The van der Waals surface area contributed by atoms with E-state index in [-0.39, 0.29) is 17.9 Å². The Morgan fingerprint density at radius 3 is 2.79 bits per heavy atom. The topological polar surface area (TPSA) is 55.9 Å². The van der Waals surface area contributed by atoms with Crippen molar-refractivity contribution in [2.75, 3.05) is 39.3 Å². The van der Waals surface area contributed by atoms with Crippen LogP contribution < -0.4 is 5.32 Å². The number of hydrogen-bond donors (Lipinski definition) is 1. The summed E-state index contributed by atoms with van der Waals surface area (Å²) >= 11 is 1.86. The summed E-state index contributed by atoms with van der Waals surface area (Å²) < 4.78 is 0. The average molecular weight is 405 g/mol. The minimum atomic E-state index is -0.0719. The lowest BCUT2D eigenvalue weighted by Gasteiger charge is -2.35. The van der Waals surface area contributed by atoms with Gasteiger partial charge in [-0.2, -0.15) is 0 Å². The maximum absolute atomic E-state index is 12.8. The number of likely N-dealkylation sites (tertiary alicyclic amines) is 2. The highest BCUT2D eigenvalue weighted by molar-refractivity contribution is 7.10. The summed E-state index contributed by atoms with van der Waals surface area (Å²) in [6.45, 7) is 8.00. The number of piperidine rings is 1. The van der Waals surface area contributed by atoms with Crippen molar-refractivity contribution in [3.05, 3.63) is 21.9 Å². The molecule has 1 N–H and O–H groups in total. The molecule has 0 aromatic carbocycles. The van der Waals surface area contributed by atoms with Crippen LogP contribution in [0.1, 0.15) is 43.0 Å². The molecule has 2 saturated heterocycles. The van der Waals surface area contributed by atoms with E-state index < -0.39 is 0 Å². The molecular weight excluding hydrogens is 372 g/mol. The Morgan fingerprint density at radius 1 is 1.18 bits per heavy atom. The second kappa shape index (κ2) is 8.82. The highest BCUT2D eigenvalue weighted by Crippen LogP contribution is 2.25. The summed E-state index contributed by atoms with van der Waals surface area (Å²) in [6.07, 6.45) is 5.11. The zero-order valence-corrected chi connectivity index (χ0v) is 17.7. The molecule has 7 heteroatoms. The first kappa shape index (κ1) is 19.7. The third kappa shape index (κ3) is 4.35. The Labute approximate surface area is 171 Å². The molecule has 3 aliphatic rings. The number of urea groups is 1. The third-order valence-corrected chi connectivity index (χ3v) is 7.49. The second-order valence-electron chi connectivity index (χ2n) is 8.45. The molecule has 28 heavy (non-hydrogen) atoms. The number of hydrogen-bond acceptors (Lipinski definition) is 4. The highest BCUT2D eigenvalue weighted by Gasteiger charge is 2.32. The standard InChI is InChI=1S/C21H32N4O2S/c1-16(24-11-6-19-17(14-24)7-12-28-19)13-22-20(26)18-5-4-10-25(15-18)21(27)23-8-2-3-9-23/h7,12,16,18H,2-6,8-11,13-15H2,1H3,(H,22,26)/t16-,18-/m0/s1. The average Bonchev–Trinajstić information content (AvgIpc) is 3.42. The molecule has 2 fully saturated rings. The predicted molar refractivity (Wildman–Crippen MR) is 111 cm³/mol. The van der Waals surface area contributed by atoms with Crippen molar-refractivity contribution < 1.29 is 9.59 Å². The van der Waals surface area contributed by atoms with Crippen LogP contribution in [0.3, 0.4) is 0 Å². The molecular formula is C21H32N4O2S. The van der Waals surface area contributed by atoms with Crippen LogP contribution in [-0.2, 0) is 17.8 Å². The molecule has 3 amide bonds. The maximum atomic E-state index is 12.8. The molecule has 3 aliphatic heterocycles. The molecule has 0 bridgehead atoms. The van der Waals surface area contributed by atoms with Crippen molar-refractivity contribution in [1.82, 2.24) is 20.0 Å². The van der Waals surface area contributed by atoms with Crippen LogP contribution >= 0.6 is 11.3 Å². The Balaban J connectivity index is 1.24. The fraction of sp³-hybridized carbons (Fsp3) is 0.714. The van der Waals surface area contributed by atoms with E-state index in [0.717, 1.165) is 64.8 Å². The minimum Gasteiger partial charge on any atom is -0.354 e. The van der Waals surface area contributed by atoms with Gasteiger partial charge in [0.15, 0.2) is 0 Å². The Bertz CT molecular complexity index is 700. The summed E-state index contributed by atoms with van der Waals surface area (Å²) in [5.74, 6) is 0.0383. The number of rotatable bonds is 4. The number of carbonyl (C=O) groups excluding carboxylic acids is 2. The summed E-state index contributed by atoms with van der Waals surface area (Å²) in [7, 11) is 0. The lowest BCUT2D eigenvalue weighted by Crippen LogP contribution is -2.51. The fourth-order valence-corrected chi connectivity index (χ4v) is 5.53. The van der Waals surface area contributed by atoms with E-state index in [1.54, 1.807) is 0 Å². The molecule has 154 valence electrons. The van der Waals surface area contributed by atoms with Crippen LogP contribution in [0, 0.1) is 5.92 Å². The molecule has 0 unspecified atom stereocenters. The molecule has 6 nitrogen and oxygen atoms in total. The number of fused-ring (bicyclic) bond motifs is 1. The van der Waals surface area contributed by atoms with Gasteiger partial charge in [-0.25, -0.2) is 4.79 Å². The van der Waals surface area contributed by atoms with Crippen molar-refractivity contribution >= 4 is 23.3 Å². The van der Waals surface area contributed by atoms with Crippen molar-refractivity contribution in [2.24, 2.45) is 5.92 Å². The van der Waals surface area contributed by atoms with E-state index >= 15 is 0 Å². The van der Waals surface area contributed by atoms with Gasteiger partial charge in [0.1, 0.15) is 0 Å². The molecule has 2 atom stereocenters. The molecule has 0 aliphatic carbocycles. The van der Waals surface area contributed by atoms with Crippen molar-refractivity contribution in [3.8, 4) is 0 Å². The largest absolute Gasteiger partial charge is 0.354 e. The van der Waals surface area contributed by atoms with Gasteiger partial charge in [0.25, 0.3) is 0 Å². The minimum absolute atomic E-state index is 0.0719. The summed E-state index contributed by atoms with van der Waals surface area (Å²) in [6, 6.07) is 2.68. The maximum Gasteiger partial charge on any atom is 0.320 e. The van der Waals surface area contributed by atoms with Gasteiger partial charge in [0.05, 0.1) is 5.92 Å². The number of nitrogens with zero attached hydrogens (tertiary/aromatic N) is 3. The van der Waals surface area contributed by atoms with Gasteiger partial charge in [-0.1, -0.05) is 0 Å². The van der Waals surface area contributed by atoms with Crippen LogP contribution in [0.5, 0.6) is 0 Å². The van der Waals surface area contributed by atoms with Gasteiger partial charge >= 0.3 is 6.03 Å². The zero-order chi connectivity index (χ0) is 19.5. The lowest BCUT2D eigenvalue weighted by molar-refractivity contribution is -0.126. The van der Waals surface area contributed by atoms with Crippen LogP contribution in [0.2, 0.25) is 0 Å². The SMILES string of the molecule is C[C@@H](CNC(=O)[C@H]1CCCN(C(=O)N2CCCC2)C1)N1CCc2sccc2C1. The Morgan fingerprint density at radius 2 is 1.96 bits per heavy atom. The van der Waals surface area contributed by atoms with E-state index in [0.29, 0.717) is 19.1 Å². The molecule has 4 heterocycles. The van der Waals surface area contributed by atoms with E-state index in [9.17, 15) is 9.59 Å². The van der Waals surface area contributed by atoms with Gasteiger partial charge in [0.2, 0.25) is 5.91 Å². The number of nitrogens with one attached hydrogen (secondary N) is 1. The third-order valence-electron chi connectivity index (χ3n) is 6.47.